The number of phenols is 1. The second-order valence-corrected chi connectivity index (χ2v) is 4.20. The standard InChI is InChI=1S/C14H13NO4/c16-11(4-1-5-13(18)19)9-6-7-12(17)14-10(9)3-2-8-15-14/h2-3,6-8,17H,1,4-5H2,(H,18,19). The van der Waals surface area contributed by atoms with Crippen molar-refractivity contribution in [2.45, 2.75) is 19.3 Å². The summed E-state index contributed by atoms with van der Waals surface area (Å²) in [6.45, 7) is 0. The predicted octanol–water partition coefficient (Wildman–Crippen LogP) is 2.38. The molecule has 0 atom stereocenters. The molecule has 0 radical (unpaired) electrons. The zero-order chi connectivity index (χ0) is 13.8. The molecule has 98 valence electrons. The Morgan fingerprint density at radius 1 is 1.16 bits per heavy atom. The van der Waals surface area contributed by atoms with Crippen LogP contribution in [0.2, 0.25) is 0 Å². The minimum absolute atomic E-state index is 0.0256. The van der Waals surface area contributed by atoms with Crippen molar-refractivity contribution in [3.8, 4) is 5.75 Å². The molecule has 0 saturated heterocycles. The average Bonchev–Trinajstić information content (AvgIpc) is 2.39. The van der Waals surface area contributed by atoms with Crippen LogP contribution >= 0.6 is 0 Å². The number of Topliss-reactive ketones (excluding diaryl/α,β-unsaturated/α-hetero) is 1. The predicted molar refractivity (Wildman–Crippen MR) is 69.2 cm³/mol. The second kappa shape index (κ2) is 5.48. The maximum atomic E-state index is 12.0. The van der Waals surface area contributed by atoms with Gasteiger partial charge in [0, 0.05) is 30.0 Å². The molecule has 0 aliphatic rings. The van der Waals surface area contributed by atoms with Crippen LogP contribution in [0.4, 0.5) is 0 Å². The molecule has 0 aliphatic carbocycles. The van der Waals surface area contributed by atoms with E-state index in [0.717, 1.165) is 0 Å². The van der Waals surface area contributed by atoms with E-state index in [1.165, 1.54) is 6.07 Å². The van der Waals surface area contributed by atoms with E-state index in [-0.39, 0.29) is 24.4 Å². The number of benzene rings is 1. The molecule has 0 fully saturated rings. The number of nitrogens with zero attached hydrogens (tertiary/aromatic N) is 1. The largest absolute Gasteiger partial charge is 0.506 e. The molecule has 0 unspecified atom stereocenters. The minimum atomic E-state index is -0.912. The lowest BCUT2D eigenvalue weighted by atomic mass is 10.0. The minimum Gasteiger partial charge on any atom is -0.506 e. The number of phenolic OH excluding ortho intramolecular Hbond substituents is 1. The fraction of sp³-hybridized carbons (Fsp3) is 0.214. The van der Waals surface area contributed by atoms with Crippen molar-refractivity contribution in [1.82, 2.24) is 4.98 Å². The molecule has 1 aromatic carbocycles. The van der Waals surface area contributed by atoms with E-state index < -0.39 is 5.97 Å². The number of aliphatic carboxylic acids is 1. The molecule has 1 aromatic heterocycles. The van der Waals surface area contributed by atoms with E-state index in [1.807, 2.05) is 0 Å². The lowest BCUT2D eigenvalue weighted by molar-refractivity contribution is -0.137. The molecule has 2 rings (SSSR count). The van der Waals surface area contributed by atoms with Gasteiger partial charge in [-0.25, -0.2) is 0 Å². The lowest BCUT2D eigenvalue weighted by Gasteiger charge is -2.06. The fourth-order valence-electron chi connectivity index (χ4n) is 1.94. The van der Waals surface area contributed by atoms with E-state index in [1.54, 1.807) is 24.4 Å². The molecule has 0 amide bonds. The summed E-state index contributed by atoms with van der Waals surface area (Å²) in [6, 6.07) is 6.38. The van der Waals surface area contributed by atoms with Crippen LogP contribution in [0.5, 0.6) is 5.75 Å². The first-order chi connectivity index (χ1) is 9.09. The third-order valence-electron chi connectivity index (χ3n) is 2.84. The number of carboxylic acids is 1. The van der Waals surface area contributed by atoms with Crippen LogP contribution in [0.1, 0.15) is 29.6 Å². The van der Waals surface area contributed by atoms with Gasteiger partial charge in [-0.05, 0) is 24.6 Å². The van der Waals surface area contributed by atoms with Crippen molar-refractivity contribution in [2.24, 2.45) is 0 Å². The fourth-order valence-corrected chi connectivity index (χ4v) is 1.94. The SMILES string of the molecule is O=C(O)CCCC(=O)c1ccc(O)c2ncccc12. The van der Waals surface area contributed by atoms with Crippen molar-refractivity contribution < 1.29 is 19.8 Å². The number of pyridine rings is 1. The highest BCUT2D eigenvalue weighted by Crippen LogP contribution is 2.26. The smallest absolute Gasteiger partial charge is 0.303 e. The topological polar surface area (TPSA) is 87.5 Å². The van der Waals surface area contributed by atoms with Crippen LogP contribution in [0.25, 0.3) is 10.9 Å². The Balaban J connectivity index is 2.27. The summed E-state index contributed by atoms with van der Waals surface area (Å²) in [7, 11) is 0. The molecule has 0 spiro atoms. The molecule has 2 N–H and O–H groups in total. The molecule has 19 heavy (non-hydrogen) atoms. The zero-order valence-electron chi connectivity index (χ0n) is 10.2. The number of ketones is 1. The molecule has 1 heterocycles. The van der Waals surface area contributed by atoms with Gasteiger partial charge in [0.1, 0.15) is 11.3 Å². The van der Waals surface area contributed by atoms with Crippen LogP contribution in [0, 0.1) is 0 Å². The average molecular weight is 259 g/mol. The van der Waals surface area contributed by atoms with Crippen LogP contribution in [0.15, 0.2) is 30.5 Å². The molecule has 0 aliphatic heterocycles. The van der Waals surface area contributed by atoms with Crippen LogP contribution in [-0.4, -0.2) is 26.9 Å². The van der Waals surface area contributed by atoms with E-state index in [4.69, 9.17) is 5.11 Å². The van der Waals surface area contributed by atoms with Gasteiger partial charge in [0.25, 0.3) is 0 Å². The lowest BCUT2D eigenvalue weighted by Crippen LogP contribution is -2.02. The molecule has 0 saturated carbocycles. The van der Waals surface area contributed by atoms with Crippen molar-refractivity contribution in [3.05, 3.63) is 36.0 Å². The van der Waals surface area contributed by atoms with Crippen molar-refractivity contribution in [3.63, 3.8) is 0 Å². The number of carbonyl (C=O) groups excluding carboxylic acids is 1. The number of aromatic nitrogens is 1. The number of fused-ring (bicyclic) bond motifs is 1. The molecular weight excluding hydrogens is 246 g/mol. The van der Waals surface area contributed by atoms with Gasteiger partial charge < -0.3 is 10.2 Å². The van der Waals surface area contributed by atoms with Gasteiger partial charge in [0.15, 0.2) is 5.78 Å². The van der Waals surface area contributed by atoms with Gasteiger partial charge in [-0.1, -0.05) is 6.07 Å². The first-order valence-electron chi connectivity index (χ1n) is 5.91. The summed E-state index contributed by atoms with van der Waals surface area (Å²) in [5.41, 5.74) is 0.845. The van der Waals surface area contributed by atoms with Gasteiger partial charge in [-0.2, -0.15) is 0 Å². The monoisotopic (exact) mass is 259 g/mol. The van der Waals surface area contributed by atoms with Crippen molar-refractivity contribution in [1.29, 1.82) is 0 Å². The molecule has 5 nitrogen and oxygen atoms in total. The maximum absolute atomic E-state index is 12.0. The number of rotatable bonds is 5. The van der Waals surface area contributed by atoms with Gasteiger partial charge in [-0.3, -0.25) is 14.6 Å². The molecule has 5 heteroatoms. The van der Waals surface area contributed by atoms with Gasteiger partial charge in [0.05, 0.1) is 0 Å². The van der Waals surface area contributed by atoms with Crippen molar-refractivity contribution in [2.75, 3.05) is 0 Å². The maximum Gasteiger partial charge on any atom is 0.303 e. The first kappa shape index (κ1) is 13.0. The molecule has 0 bridgehead atoms. The summed E-state index contributed by atoms with van der Waals surface area (Å²) in [4.78, 5) is 26.5. The highest BCUT2D eigenvalue weighted by Gasteiger charge is 2.13. The van der Waals surface area contributed by atoms with Crippen LogP contribution in [-0.2, 0) is 4.79 Å². The summed E-state index contributed by atoms with van der Waals surface area (Å²) < 4.78 is 0. The zero-order valence-corrected chi connectivity index (χ0v) is 10.2. The Kier molecular flexibility index (Phi) is 3.75. The highest BCUT2D eigenvalue weighted by molar-refractivity contribution is 6.08. The Morgan fingerprint density at radius 3 is 2.68 bits per heavy atom. The Bertz CT molecular complexity index is 636. The summed E-state index contributed by atoms with van der Waals surface area (Å²) in [5.74, 6) is -1.03. The van der Waals surface area contributed by atoms with Crippen molar-refractivity contribution >= 4 is 22.7 Å². The summed E-state index contributed by atoms with van der Waals surface area (Å²) in [6.07, 6.45) is 1.98. The Hall–Kier alpha value is -2.43. The number of carboxylic acid groups (broad SMARTS) is 1. The third kappa shape index (κ3) is 2.88. The number of hydrogen-bond acceptors (Lipinski definition) is 4. The van der Waals surface area contributed by atoms with E-state index in [9.17, 15) is 14.7 Å². The summed E-state index contributed by atoms with van der Waals surface area (Å²) >= 11 is 0. The highest BCUT2D eigenvalue weighted by atomic mass is 16.4. The first-order valence-corrected chi connectivity index (χ1v) is 5.91. The summed E-state index contributed by atoms with van der Waals surface area (Å²) in [5, 5.41) is 18.8. The number of carbonyl (C=O) groups is 2. The number of hydrogen-bond donors (Lipinski definition) is 2. The van der Waals surface area contributed by atoms with E-state index >= 15 is 0 Å². The molecular formula is C14H13NO4. The van der Waals surface area contributed by atoms with Crippen LogP contribution in [0.3, 0.4) is 0 Å². The molecule has 2 aromatic rings. The normalized spacial score (nSPS) is 10.5. The van der Waals surface area contributed by atoms with E-state index in [2.05, 4.69) is 4.98 Å². The number of aromatic hydroxyl groups is 1. The second-order valence-electron chi connectivity index (χ2n) is 4.20. The van der Waals surface area contributed by atoms with Gasteiger partial charge in [0.2, 0.25) is 0 Å². The third-order valence-corrected chi connectivity index (χ3v) is 2.84. The van der Waals surface area contributed by atoms with Crippen LogP contribution < -0.4 is 0 Å². The van der Waals surface area contributed by atoms with Gasteiger partial charge >= 0.3 is 5.97 Å². The quantitative estimate of drug-likeness (QED) is 0.805. The van der Waals surface area contributed by atoms with E-state index in [0.29, 0.717) is 22.9 Å². The van der Waals surface area contributed by atoms with Gasteiger partial charge in [-0.15, -0.1) is 0 Å². The Labute approximate surface area is 109 Å². The Morgan fingerprint density at radius 2 is 1.95 bits per heavy atom.